The third-order valence-electron chi connectivity index (χ3n) is 5.47. The fourth-order valence-corrected chi connectivity index (χ4v) is 3.59. The van der Waals surface area contributed by atoms with E-state index in [1.807, 2.05) is 0 Å². The van der Waals surface area contributed by atoms with Gasteiger partial charge in [0, 0.05) is 32.0 Å². The molecule has 0 aliphatic carbocycles. The number of likely N-dealkylation sites (N-methyl/N-ethyl adjacent to an activating group) is 1. The van der Waals surface area contributed by atoms with Gasteiger partial charge in [0.15, 0.2) is 0 Å². The summed E-state index contributed by atoms with van der Waals surface area (Å²) in [6.07, 6.45) is -1.50. The minimum atomic E-state index is -1.73. The van der Waals surface area contributed by atoms with E-state index in [1.165, 1.54) is 57.5 Å². The van der Waals surface area contributed by atoms with E-state index < -0.39 is 36.0 Å². The molecule has 0 spiro atoms. The van der Waals surface area contributed by atoms with Crippen molar-refractivity contribution in [2.24, 2.45) is 5.16 Å². The van der Waals surface area contributed by atoms with Crippen LogP contribution in [0.3, 0.4) is 0 Å². The molecule has 0 aromatic heterocycles. The van der Waals surface area contributed by atoms with E-state index in [2.05, 4.69) is 10.5 Å². The van der Waals surface area contributed by atoms with E-state index in [4.69, 9.17) is 14.3 Å². The number of ether oxygens (including phenoxy) is 2. The van der Waals surface area contributed by atoms with E-state index in [-0.39, 0.29) is 30.0 Å². The van der Waals surface area contributed by atoms with Crippen molar-refractivity contribution in [3.63, 3.8) is 0 Å². The number of carbonyl (C=O) groups excluding carboxylic acids is 3. The summed E-state index contributed by atoms with van der Waals surface area (Å²) in [6.45, 7) is 8.28. The molecule has 38 heavy (non-hydrogen) atoms. The largest absolute Gasteiger partial charge is 0.496 e. The molecular weight excluding hydrogens is 501 g/mol. The summed E-state index contributed by atoms with van der Waals surface area (Å²) in [7, 11) is 4.01. The highest BCUT2D eigenvalue weighted by atomic mass is 19.1. The van der Waals surface area contributed by atoms with Gasteiger partial charge in [0.1, 0.15) is 23.8 Å². The van der Waals surface area contributed by atoms with Crippen molar-refractivity contribution in [1.82, 2.24) is 20.2 Å². The first kappa shape index (κ1) is 30.5. The van der Waals surface area contributed by atoms with Crippen LogP contribution in [-0.4, -0.2) is 89.8 Å². The van der Waals surface area contributed by atoms with Gasteiger partial charge in [0.25, 0.3) is 5.91 Å². The summed E-state index contributed by atoms with van der Waals surface area (Å²) in [6, 6.07) is 3.59. The summed E-state index contributed by atoms with van der Waals surface area (Å²) in [4.78, 5) is 45.2. The minimum Gasteiger partial charge on any atom is -0.496 e. The zero-order chi connectivity index (χ0) is 28.7. The molecule has 1 heterocycles. The first-order valence-electron chi connectivity index (χ1n) is 12.0. The minimum absolute atomic E-state index is 0.0130. The lowest BCUT2D eigenvalue weighted by Crippen LogP contribution is -2.63. The molecule has 12 nitrogen and oxygen atoms in total. The number of nitrogens with one attached hydrogen (secondary N) is 1. The smallest absolute Gasteiger partial charge is 0.330 e. The van der Waals surface area contributed by atoms with Crippen LogP contribution in [0.5, 0.6) is 5.75 Å². The van der Waals surface area contributed by atoms with Crippen molar-refractivity contribution >= 4 is 23.4 Å². The van der Waals surface area contributed by atoms with Gasteiger partial charge >= 0.3 is 11.8 Å². The molecule has 2 N–H and O–H groups in total. The number of oxime groups is 1. The van der Waals surface area contributed by atoms with Crippen molar-refractivity contribution in [2.45, 2.75) is 59.2 Å². The van der Waals surface area contributed by atoms with Gasteiger partial charge in [-0.1, -0.05) is 5.16 Å². The van der Waals surface area contributed by atoms with Gasteiger partial charge in [-0.3, -0.25) is 14.4 Å². The maximum absolute atomic E-state index is 14.1. The molecule has 2 rings (SSSR count). The average Bonchev–Trinajstić information content (AvgIpc) is 2.85. The second-order valence-electron chi connectivity index (χ2n) is 9.13. The predicted octanol–water partition coefficient (Wildman–Crippen LogP) is 1.52. The van der Waals surface area contributed by atoms with E-state index in [0.29, 0.717) is 11.3 Å². The van der Waals surface area contributed by atoms with Crippen LogP contribution in [-0.2, 0) is 24.0 Å². The standard InChI is InChI=1S/C25H36FN5O7/c1-14(2)27-22(32)24(34)29(6)31-23(33)19(16(5)28-38-15(3)4)12-30(25(31)35)13-21(37-8)18-11-17(26)9-10-20(18)36-7/h9-12,14-15,21,25,35H,13H2,1-8H3,(H,27,32)/b28-16+/t21?,25-/m0/s1. The Balaban J connectivity index is 2.53. The average molecular weight is 538 g/mol. The summed E-state index contributed by atoms with van der Waals surface area (Å²) in [5.41, 5.74) is 0.506. The number of carbonyl (C=O) groups is 3. The van der Waals surface area contributed by atoms with Crippen LogP contribution < -0.4 is 10.1 Å². The molecule has 0 fully saturated rings. The number of benzene rings is 1. The van der Waals surface area contributed by atoms with E-state index in [9.17, 15) is 23.9 Å². The van der Waals surface area contributed by atoms with Crippen LogP contribution in [0.15, 0.2) is 35.1 Å². The number of hydrazine groups is 1. The third-order valence-corrected chi connectivity index (χ3v) is 5.47. The van der Waals surface area contributed by atoms with Crippen LogP contribution in [0.1, 0.15) is 46.3 Å². The van der Waals surface area contributed by atoms with Crippen molar-refractivity contribution < 1.29 is 38.2 Å². The zero-order valence-electron chi connectivity index (χ0n) is 22.9. The van der Waals surface area contributed by atoms with Crippen LogP contribution >= 0.6 is 0 Å². The molecule has 3 amide bonds. The highest BCUT2D eigenvalue weighted by Gasteiger charge is 2.41. The molecular formula is C25H36FN5O7. The molecule has 1 aliphatic rings. The summed E-state index contributed by atoms with van der Waals surface area (Å²) < 4.78 is 25.0. The van der Waals surface area contributed by atoms with Gasteiger partial charge in [-0.05, 0) is 52.8 Å². The fourth-order valence-electron chi connectivity index (χ4n) is 3.59. The number of aliphatic hydroxyl groups excluding tert-OH is 1. The maximum atomic E-state index is 14.1. The molecule has 1 aliphatic heterocycles. The van der Waals surface area contributed by atoms with Gasteiger partial charge in [0.2, 0.25) is 6.35 Å². The number of halogens is 1. The molecule has 13 heteroatoms. The van der Waals surface area contributed by atoms with E-state index in [0.717, 1.165) is 10.0 Å². The highest BCUT2D eigenvalue weighted by Crippen LogP contribution is 2.31. The number of nitrogens with zero attached hydrogens (tertiary/aromatic N) is 4. The normalized spacial score (nSPS) is 16.9. The van der Waals surface area contributed by atoms with E-state index in [1.54, 1.807) is 27.7 Å². The monoisotopic (exact) mass is 537 g/mol. The topological polar surface area (TPSA) is 133 Å². The lowest BCUT2D eigenvalue weighted by atomic mass is 10.1. The SMILES string of the molecule is COc1ccc(F)cc1C(CN1C=C(/C(C)=N/OC(C)C)C(=O)N(N(C)C(=O)C(=O)NC(C)C)[C@H]1O)OC. The quantitative estimate of drug-likeness (QED) is 0.261. The Kier molecular flexibility index (Phi) is 10.6. The number of rotatable bonds is 10. The van der Waals surface area contributed by atoms with Gasteiger partial charge in [0.05, 0.1) is 24.9 Å². The van der Waals surface area contributed by atoms with Gasteiger partial charge in [-0.25, -0.2) is 9.40 Å². The Bertz CT molecular complexity index is 1090. The summed E-state index contributed by atoms with van der Waals surface area (Å²) >= 11 is 0. The van der Waals surface area contributed by atoms with Gasteiger partial charge in [-0.15, -0.1) is 0 Å². The van der Waals surface area contributed by atoms with E-state index >= 15 is 0 Å². The molecule has 1 unspecified atom stereocenters. The van der Waals surface area contributed by atoms with Crippen LogP contribution in [0, 0.1) is 5.82 Å². The molecule has 1 aromatic carbocycles. The number of hydrogen-bond donors (Lipinski definition) is 2. The second kappa shape index (κ2) is 13.2. The number of aliphatic hydroxyl groups is 1. The summed E-state index contributed by atoms with van der Waals surface area (Å²) in [5, 5.41) is 19.1. The Labute approximate surface area is 221 Å². The molecule has 0 saturated heterocycles. The number of amides is 3. The first-order chi connectivity index (χ1) is 17.8. The Morgan fingerprint density at radius 1 is 1.24 bits per heavy atom. The Morgan fingerprint density at radius 2 is 1.89 bits per heavy atom. The van der Waals surface area contributed by atoms with Gasteiger partial charge in [-0.2, -0.15) is 5.01 Å². The molecule has 0 bridgehead atoms. The van der Waals surface area contributed by atoms with Crippen molar-refractivity contribution in [2.75, 3.05) is 27.8 Å². The molecule has 1 aromatic rings. The Morgan fingerprint density at radius 3 is 2.45 bits per heavy atom. The maximum Gasteiger partial charge on any atom is 0.330 e. The number of methoxy groups -OCH3 is 2. The van der Waals surface area contributed by atoms with Crippen LogP contribution in [0.4, 0.5) is 4.39 Å². The predicted molar refractivity (Wildman–Crippen MR) is 136 cm³/mol. The second-order valence-corrected chi connectivity index (χ2v) is 9.13. The fraction of sp³-hybridized carbons (Fsp3) is 0.520. The van der Waals surface area contributed by atoms with Crippen molar-refractivity contribution in [3.8, 4) is 5.75 Å². The lowest BCUT2D eigenvalue weighted by molar-refractivity contribution is -0.205. The van der Waals surface area contributed by atoms with Crippen LogP contribution in [0.25, 0.3) is 0 Å². The lowest BCUT2D eigenvalue weighted by Gasteiger charge is -2.44. The summed E-state index contributed by atoms with van der Waals surface area (Å²) in [5.74, 6) is -3.01. The molecule has 0 saturated carbocycles. The Hall–Kier alpha value is -3.71. The zero-order valence-corrected chi connectivity index (χ0v) is 22.9. The molecule has 210 valence electrons. The third kappa shape index (κ3) is 7.19. The number of hydrogen-bond acceptors (Lipinski definition) is 9. The first-order valence-corrected chi connectivity index (χ1v) is 12.0. The van der Waals surface area contributed by atoms with Crippen molar-refractivity contribution in [3.05, 3.63) is 41.4 Å². The van der Waals surface area contributed by atoms with Gasteiger partial charge < -0.3 is 29.6 Å². The molecule has 2 atom stereocenters. The highest BCUT2D eigenvalue weighted by molar-refractivity contribution is 6.35. The van der Waals surface area contributed by atoms with Crippen molar-refractivity contribution in [1.29, 1.82) is 0 Å². The molecule has 0 radical (unpaired) electrons. The van der Waals surface area contributed by atoms with Crippen LogP contribution in [0.2, 0.25) is 0 Å².